The van der Waals surface area contributed by atoms with Crippen molar-refractivity contribution in [2.75, 3.05) is 5.32 Å². The average Bonchev–Trinajstić information content (AvgIpc) is 2.22. The molecular formula is C10H10F2N2O3. The minimum atomic E-state index is -3.12. The predicted molar refractivity (Wildman–Crippen MR) is 57.2 cm³/mol. The van der Waals surface area contributed by atoms with Crippen molar-refractivity contribution in [2.45, 2.75) is 20.3 Å². The highest BCUT2D eigenvalue weighted by molar-refractivity contribution is 5.94. The van der Waals surface area contributed by atoms with E-state index in [0.717, 1.165) is 0 Å². The number of carbonyl (C=O) groups is 1. The van der Waals surface area contributed by atoms with E-state index in [2.05, 4.69) is 0 Å². The molecule has 1 amide bonds. The van der Waals surface area contributed by atoms with Crippen LogP contribution >= 0.6 is 0 Å². The number of amides is 1. The van der Waals surface area contributed by atoms with Gasteiger partial charge in [0.15, 0.2) is 0 Å². The summed E-state index contributed by atoms with van der Waals surface area (Å²) in [5.74, 6) is -1.43. The number of hydrogen-bond acceptors (Lipinski definition) is 3. The van der Waals surface area contributed by atoms with Gasteiger partial charge in [0.2, 0.25) is 0 Å². The molecule has 0 aliphatic heterocycles. The quantitative estimate of drug-likeness (QED) is 0.655. The fourth-order valence-electron chi connectivity index (χ4n) is 1.32. The molecule has 1 N–H and O–H groups in total. The number of nitrogens with one attached hydrogen (secondary N) is 1. The summed E-state index contributed by atoms with van der Waals surface area (Å²) >= 11 is 0. The molecule has 17 heavy (non-hydrogen) atoms. The van der Waals surface area contributed by atoms with Gasteiger partial charge in [-0.05, 0) is 25.5 Å². The number of nitro groups is 1. The smallest absolute Gasteiger partial charge is 0.315 e. The molecule has 1 aromatic rings. The van der Waals surface area contributed by atoms with Crippen LogP contribution in [0.4, 0.5) is 20.2 Å². The van der Waals surface area contributed by atoms with E-state index in [1.54, 1.807) is 0 Å². The second-order valence-corrected chi connectivity index (χ2v) is 3.50. The Balaban J connectivity index is 3.08. The number of alkyl halides is 2. The SMILES string of the molecule is Cc1cc([N+](=O)[O-])c(C)cc1NC(=O)C(F)F. The average molecular weight is 244 g/mol. The maximum Gasteiger partial charge on any atom is 0.315 e. The van der Waals surface area contributed by atoms with E-state index in [9.17, 15) is 23.7 Å². The highest BCUT2D eigenvalue weighted by atomic mass is 19.3. The third-order valence-electron chi connectivity index (χ3n) is 2.20. The Kier molecular flexibility index (Phi) is 3.72. The Morgan fingerprint density at radius 3 is 2.41 bits per heavy atom. The normalized spacial score (nSPS) is 10.4. The topological polar surface area (TPSA) is 72.2 Å². The summed E-state index contributed by atoms with van der Waals surface area (Å²) in [5, 5.41) is 12.6. The summed E-state index contributed by atoms with van der Waals surface area (Å²) in [4.78, 5) is 20.8. The summed E-state index contributed by atoms with van der Waals surface area (Å²) in [5.41, 5.74) is 0.692. The number of rotatable bonds is 3. The van der Waals surface area contributed by atoms with E-state index in [-0.39, 0.29) is 11.4 Å². The number of nitrogens with zero attached hydrogens (tertiary/aromatic N) is 1. The van der Waals surface area contributed by atoms with Gasteiger partial charge in [0.25, 0.3) is 11.6 Å². The molecule has 0 unspecified atom stereocenters. The summed E-state index contributed by atoms with van der Waals surface area (Å²) in [6.45, 7) is 2.96. The lowest BCUT2D eigenvalue weighted by Crippen LogP contribution is -2.20. The van der Waals surface area contributed by atoms with Crippen LogP contribution in [0.5, 0.6) is 0 Å². The van der Waals surface area contributed by atoms with E-state index >= 15 is 0 Å². The Bertz CT molecular complexity index is 475. The van der Waals surface area contributed by atoms with Crippen molar-refractivity contribution in [2.24, 2.45) is 0 Å². The van der Waals surface area contributed by atoms with Crippen molar-refractivity contribution in [3.63, 3.8) is 0 Å². The number of hydrogen-bond donors (Lipinski definition) is 1. The van der Waals surface area contributed by atoms with E-state index in [1.165, 1.54) is 26.0 Å². The number of benzene rings is 1. The first-order valence-electron chi connectivity index (χ1n) is 4.67. The molecule has 0 saturated heterocycles. The van der Waals surface area contributed by atoms with Gasteiger partial charge in [0.05, 0.1) is 4.92 Å². The molecule has 0 heterocycles. The van der Waals surface area contributed by atoms with Gasteiger partial charge in [0.1, 0.15) is 0 Å². The van der Waals surface area contributed by atoms with Crippen molar-refractivity contribution in [1.29, 1.82) is 0 Å². The van der Waals surface area contributed by atoms with Gasteiger partial charge in [-0.15, -0.1) is 0 Å². The van der Waals surface area contributed by atoms with Crippen LogP contribution in [0.25, 0.3) is 0 Å². The fourth-order valence-corrected chi connectivity index (χ4v) is 1.32. The molecule has 1 aromatic carbocycles. The molecule has 92 valence electrons. The van der Waals surface area contributed by atoms with Gasteiger partial charge in [-0.25, -0.2) is 0 Å². The third-order valence-corrected chi connectivity index (χ3v) is 2.20. The summed E-state index contributed by atoms with van der Waals surface area (Å²) in [6.07, 6.45) is -3.12. The van der Waals surface area contributed by atoms with Gasteiger partial charge < -0.3 is 5.32 Å². The number of aryl methyl sites for hydroxylation is 2. The van der Waals surface area contributed by atoms with Crippen molar-refractivity contribution in [3.05, 3.63) is 33.4 Å². The minimum Gasteiger partial charge on any atom is -0.321 e. The highest BCUT2D eigenvalue weighted by Crippen LogP contribution is 2.26. The maximum absolute atomic E-state index is 12.0. The van der Waals surface area contributed by atoms with Crippen molar-refractivity contribution < 1.29 is 18.5 Å². The first kappa shape index (κ1) is 13.0. The number of nitro benzene ring substituents is 1. The van der Waals surface area contributed by atoms with Gasteiger partial charge >= 0.3 is 6.43 Å². The Hall–Kier alpha value is -2.05. The van der Waals surface area contributed by atoms with Crippen molar-refractivity contribution in [3.8, 4) is 0 Å². The number of anilines is 1. The van der Waals surface area contributed by atoms with Gasteiger partial charge in [-0.1, -0.05) is 0 Å². The molecule has 0 bridgehead atoms. The molecule has 0 radical (unpaired) electrons. The van der Waals surface area contributed by atoms with E-state index in [0.29, 0.717) is 11.1 Å². The third kappa shape index (κ3) is 2.96. The zero-order valence-corrected chi connectivity index (χ0v) is 9.16. The molecule has 0 aliphatic rings. The molecule has 0 aromatic heterocycles. The minimum absolute atomic E-state index is 0.113. The van der Waals surface area contributed by atoms with E-state index in [1.807, 2.05) is 5.32 Å². The van der Waals surface area contributed by atoms with Crippen molar-refractivity contribution in [1.82, 2.24) is 0 Å². The molecule has 0 aliphatic carbocycles. The second-order valence-electron chi connectivity index (χ2n) is 3.50. The molecule has 0 spiro atoms. The summed E-state index contributed by atoms with van der Waals surface area (Å²) in [6, 6.07) is 2.53. The molecule has 0 saturated carbocycles. The number of halogens is 2. The van der Waals surface area contributed by atoms with Crippen LogP contribution in [0.3, 0.4) is 0 Å². The molecule has 5 nitrogen and oxygen atoms in total. The zero-order valence-electron chi connectivity index (χ0n) is 9.16. The fraction of sp³-hybridized carbons (Fsp3) is 0.300. The standard InChI is InChI=1S/C10H10F2N2O3/c1-5-4-8(14(16)17)6(2)3-7(5)13-10(15)9(11)12/h3-4,9H,1-2H3,(H,13,15). The zero-order chi connectivity index (χ0) is 13.2. The maximum atomic E-state index is 12.0. The number of carbonyl (C=O) groups excluding carboxylic acids is 1. The second kappa shape index (κ2) is 4.86. The van der Waals surface area contributed by atoms with Crippen LogP contribution in [-0.2, 0) is 4.79 Å². The Morgan fingerprint density at radius 1 is 1.35 bits per heavy atom. The molecule has 1 rings (SSSR count). The first-order valence-corrected chi connectivity index (χ1v) is 4.67. The van der Waals surface area contributed by atoms with Crippen LogP contribution in [0.1, 0.15) is 11.1 Å². The van der Waals surface area contributed by atoms with E-state index in [4.69, 9.17) is 0 Å². The molecular weight excluding hydrogens is 234 g/mol. The highest BCUT2D eigenvalue weighted by Gasteiger charge is 2.18. The predicted octanol–water partition coefficient (Wildman–Crippen LogP) is 2.42. The van der Waals surface area contributed by atoms with Crippen molar-refractivity contribution >= 4 is 17.3 Å². The van der Waals surface area contributed by atoms with E-state index < -0.39 is 17.3 Å². The summed E-state index contributed by atoms with van der Waals surface area (Å²) < 4.78 is 24.1. The van der Waals surface area contributed by atoms with Crippen LogP contribution in [0.15, 0.2) is 12.1 Å². The monoisotopic (exact) mass is 244 g/mol. The van der Waals surface area contributed by atoms with Crippen LogP contribution in [-0.4, -0.2) is 17.3 Å². The molecule has 0 atom stereocenters. The van der Waals surface area contributed by atoms with Gasteiger partial charge in [0, 0.05) is 17.3 Å². The molecule has 0 fully saturated rings. The van der Waals surface area contributed by atoms with Crippen LogP contribution in [0, 0.1) is 24.0 Å². The molecule has 7 heteroatoms. The Labute approximate surface area is 95.6 Å². The lowest BCUT2D eigenvalue weighted by molar-refractivity contribution is -0.385. The van der Waals surface area contributed by atoms with Crippen LogP contribution in [0.2, 0.25) is 0 Å². The van der Waals surface area contributed by atoms with Crippen LogP contribution < -0.4 is 5.32 Å². The van der Waals surface area contributed by atoms with Gasteiger partial charge in [-0.2, -0.15) is 8.78 Å². The lowest BCUT2D eigenvalue weighted by atomic mass is 10.1. The lowest BCUT2D eigenvalue weighted by Gasteiger charge is -2.09. The summed E-state index contributed by atoms with van der Waals surface area (Å²) in [7, 11) is 0. The Morgan fingerprint density at radius 2 is 1.94 bits per heavy atom. The largest absolute Gasteiger partial charge is 0.321 e. The first-order chi connectivity index (χ1) is 7.82. The van der Waals surface area contributed by atoms with Gasteiger partial charge in [-0.3, -0.25) is 14.9 Å².